The van der Waals surface area contributed by atoms with Crippen molar-refractivity contribution in [3.05, 3.63) is 85.8 Å². The van der Waals surface area contributed by atoms with E-state index in [0.717, 1.165) is 58.5 Å². The Bertz CT molecular complexity index is 1500. The van der Waals surface area contributed by atoms with Gasteiger partial charge >= 0.3 is 0 Å². The Balaban J connectivity index is 1.61. The van der Waals surface area contributed by atoms with Crippen molar-refractivity contribution in [2.24, 2.45) is 0 Å². The van der Waals surface area contributed by atoms with E-state index in [-0.39, 0.29) is 5.56 Å². The summed E-state index contributed by atoms with van der Waals surface area (Å²) >= 11 is 1.78. The fourth-order valence-corrected chi connectivity index (χ4v) is 6.47. The lowest BCUT2D eigenvalue weighted by Gasteiger charge is -2.24. The number of methoxy groups -OCH3 is 2. The van der Waals surface area contributed by atoms with E-state index in [2.05, 4.69) is 33.8 Å². The molecule has 3 heterocycles. The number of hydrogen-bond acceptors (Lipinski definition) is 5. The Hall–Kier alpha value is -3.38. The molecule has 0 unspecified atom stereocenters. The summed E-state index contributed by atoms with van der Waals surface area (Å²) < 4.78 is 13.1. The Morgan fingerprint density at radius 2 is 1.85 bits per heavy atom. The van der Waals surface area contributed by atoms with Crippen molar-refractivity contribution in [1.82, 2.24) is 9.55 Å². The zero-order valence-electron chi connectivity index (χ0n) is 18.7. The highest BCUT2D eigenvalue weighted by Crippen LogP contribution is 2.40. The number of rotatable bonds is 3. The predicted octanol–water partition coefficient (Wildman–Crippen LogP) is 5.30. The first-order valence-corrected chi connectivity index (χ1v) is 12.1. The van der Waals surface area contributed by atoms with Gasteiger partial charge in [-0.2, -0.15) is 4.98 Å². The van der Waals surface area contributed by atoms with Gasteiger partial charge in [0.05, 0.1) is 26.2 Å². The predicted molar refractivity (Wildman–Crippen MR) is 133 cm³/mol. The largest absolute Gasteiger partial charge is 0.493 e. The lowest BCUT2D eigenvalue weighted by Crippen LogP contribution is -2.23. The quantitative estimate of drug-likeness (QED) is 0.369. The molecule has 0 atom stereocenters. The minimum Gasteiger partial charge on any atom is -0.493 e. The third kappa shape index (κ3) is 3.20. The third-order valence-corrected chi connectivity index (χ3v) is 7.99. The summed E-state index contributed by atoms with van der Waals surface area (Å²) in [5.74, 6) is 2.09. The van der Waals surface area contributed by atoms with Crippen molar-refractivity contribution in [3.63, 3.8) is 0 Å². The second kappa shape index (κ2) is 7.89. The first kappa shape index (κ1) is 20.2. The van der Waals surface area contributed by atoms with Gasteiger partial charge in [0, 0.05) is 10.5 Å². The van der Waals surface area contributed by atoms with Crippen molar-refractivity contribution in [2.45, 2.75) is 32.2 Å². The van der Waals surface area contributed by atoms with Crippen LogP contribution >= 0.6 is 11.3 Å². The number of ether oxygens (including phenoxy) is 2. The summed E-state index contributed by atoms with van der Waals surface area (Å²) in [6, 6.07) is 14.2. The van der Waals surface area contributed by atoms with Crippen molar-refractivity contribution < 1.29 is 9.47 Å². The number of benzene rings is 2. The van der Waals surface area contributed by atoms with Gasteiger partial charge < -0.3 is 14.0 Å². The van der Waals surface area contributed by atoms with Gasteiger partial charge in [0.1, 0.15) is 10.7 Å². The molecular formula is C27H24N2O3S. The number of hydrogen-bond donors (Lipinski definition) is 0. The van der Waals surface area contributed by atoms with Gasteiger partial charge in [0.2, 0.25) is 0 Å². The summed E-state index contributed by atoms with van der Waals surface area (Å²) in [6.07, 6.45) is 6.48. The zero-order chi connectivity index (χ0) is 22.5. The summed E-state index contributed by atoms with van der Waals surface area (Å²) in [5.41, 5.74) is 5.39. The topological polar surface area (TPSA) is 53.4 Å². The van der Waals surface area contributed by atoms with Crippen LogP contribution in [0.2, 0.25) is 0 Å². The summed E-state index contributed by atoms with van der Waals surface area (Å²) in [6.45, 7) is 0.720. The smallest absolute Gasteiger partial charge is 0.282 e. The fourth-order valence-electron chi connectivity index (χ4n) is 5.09. The molecule has 2 aromatic carbocycles. The molecule has 6 heteroatoms. The maximum absolute atomic E-state index is 13.3. The molecule has 0 saturated carbocycles. The van der Waals surface area contributed by atoms with E-state index in [1.54, 1.807) is 25.6 Å². The normalized spacial score (nSPS) is 15.8. The molecule has 6 rings (SSSR count). The van der Waals surface area contributed by atoms with Crippen molar-refractivity contribution in [1.29, 1.82) is 0 Å². The monoisotopic (exact) mass is 456 g/mol. The number of nitrogens with zero attached hydrogens (tertiary/aromatic N) is 2. The lowest BCUT2D eigenvalue weighted by atomic mass is 9.93. The van der Waals surface area contributed by atoms with Crippen LogP contribution in [0.1, 0.15) is 45.8 Å². The van der Waals surface area contributed by atoms with E-state index >= 15 is 0 Å². The van der Waals surface area contributed by atoms with Gasteiger partial charge in [0.15, 0.2) is 11.5 Å². The lowest BCUT2D eigenvalue weighted by molar-refractivity contribution is 0.355. The van der Waals surface area contributed by atoms with Gasteiger partial charge in [-0.05, 0) is 66.1 Å². The van der Waals surface area contributed by atoms with Crippen LogP contribution in [0.15, 0.2) is 47.3 Å². The van der Waals surface area contributed by atoms with Crippen LogP contribution in [0.25, 0.3) is 21.9 Å². The number of fused-ring (bicyclic) bond motifs is 6. The molecule has 1 aliphatic heterocycles. The van der Waals surface area contributed by atoms with Gasteiger partial charge in [0.25, 0.3) is 5.56 Å². The Morgan fingerprint density at radius 1 is 1.03 bits per heavy atom. The molecular weight excluding hydrogens is 432 g/mol. The maximum atomic E-state index is 13.3. The number of aromatic nitrogens is 2. The van der Waals surface area contributed by atoms with Crippen LogP contribution in [0.4, 0.5) is 0 Å². The molecule has 0 bridgehead atoms. The summed E-state index contributed by atoms with van der Waals surface area (Å²) in [7, 11) is 3.27. The van der Waals surface area contributed by atoms with Crippen LogP contribution in [0.3, 0.4) is 0 Å². The van der Waals surface area contributed by atoms with Crippen molar-refractivity contribution in [3.8, 4) is 11.5 Å². The molecule has 0 radical (unpaired) electrons. The van der Waals surface area contributed by atoms with Crippen LogP contribution < -0.4 is 15.0 Å². The standard InChI is InChI=1S/C27H24N2O3S/c1-31-21-12-11-16(14-22(21)32-2)13-20-18-8-4-3-7-17(18)15-29-25(20)28-26(30)24-19-9-5-6-10-23(19)33-27(24)29/h3-4,7-8,11-14H,5-6,9-10,15H2,1-2H3. The van der Waals surface area contributed by atoms with Crippen LogP contribution in [-0.4, -0.2) is 23.8 Å². The molecule has 0 amide bonds. The molecule has 4 aromatic rings. The SMILES string of the molecule is COc1ccc(C=C2c3ccccc3Cn3c2nc(=O)c2c4c(sc23)CCCC4)cc1OC. The number of aryl methyl sites for hydroxylation is 2. The highest BCUT2D eigenvalue weighted by molar-refractivity contribution is 7.18. The second-order valence-corrected chi connectivity index (χ2v) is 9.63. The Morgan fingerprint density at radius 3 is 2.70 bits per heavy atom. The molecule has 0 saturated heterocycles. The first-order valence-electron chi connectivity index (χ1n) is 11.3. The van der Waals surface area contributed by atoms with E-state index < -0.39 is 0 Å². The Labute approximate surface area is 195 Å². The minimum atomic E-state index is -0.103. The highest BCUT2D eigenvalue weighted by Gasteiger charge is 2.27. The first-order chi connectivity index (χ1) is 16.2. The third-order valence-electron chi connectivity index (χ3n) is 6.67. The fraction of sp³-hybridized carbons (Fsp3) is 0.259. The second-order valence-electron chi connectivity index (χ2n) is 8.55. The van der Waals surface area contributed by atoms with Crippen molar-refractivity contribution in [2.75, 3.05) is 14.2 Å². The van der Waals surface area contributed by atoms with E-state index in [9.17, 15) is 4.79 Å². The van der Waals surface area contributed by atoms with E-state index in [0.29, 0.717) is 11.5 Å². The maximum Gasteiger partial charge on any atom is 0.282 e. The Kier molecular flexibility index (Phi) is 4.84. The van der Waals surface area contributed by atoms with E-state index in [4.69, 9.17) is 9.47 Å². The van der Waals surface area contributed by atoms with Gasteiger partial charge in [-0.15, -0.1) is 11.3 Å². The van der Waals surface area contributed by atoms with Gasteiger partial charge in [-0.25, -0.2) is 0 Å². The molecule has 0 fully saturated rings. The van der Waals surface area contributed by atoms with E-state index in [1.807, 2.05) is 24.3 Å². The van der Waals surface area contributed by atoms with Crippen LogP contribution in [-0.2, 0) is 19.4 Å². The average molecular weight is 457 g/mol. The molecule has 33 heavy (non-hydrogen) atoms. The summed E-state index contributed by atoms with van der Waals surface area (Å²) in [5, 5.41) is 0.836. The highest BCUT2D eigenvalue weighted by atomic mass is 32.1. The number of thiophene rings is 1. The van der Waals surface area contributed by atoms with Gasteiger partial charge in [-0.3, -0.25) is 4.79 Å². The van der Waals surface area contributed by atoms with Crippen LogP contribution in [0, 0.1) is 0 Å². The molecule has 0 spiro atoms. The van der Waals surface area contributed by atoms with Gasteiger partial charge in [-0.1, -0.05) is 30.3 Å². The van der Waals surface area contributed by atoms with Crippen molar-refractivity contribution >= 4 is 33.2 Å². The molecule has 166 valence electrons. The molecule has 1 aliphatic carbocycles. The molecule has 2 aromatic heterocycles. The minimum absolute atomic E-state index is 0.103. The zero-order valence-corrected chi connectivity index (χ0v) is 19.5. The summed E-state index contributed by atoms with van der Waals surface area (Å²) in [4.78, 5) is 20.4. The van der Waals surface area contributed by atoms with E-state index in [1.165, 1.54) is 22.4 Å². The molecule has 2 aliphatic rings. The van der Waals surface area contributed by atoms with Crippen LogP contribution in [0.5, 0.6) is 11.5 Å². The molecule has 0 N–H and O–H groups in total. The average Bonchev–Trinajstić information content (AvgIpc) is 3.25. The molecule has 5 nitrogen and oxygen atoms in total.